The van der Waals surface area contributed by atoms with Gasteiger partial charge in [-0.25, -0.2) is 4.98 Å². The van der Waals surface area contributed by atoms with Gasteiger partial charge in [0.05, 0.1) is 19.0 Å². The van der Waals surface area contributed by atoms with Crippen molar-refractivity contribution >= 4 is 29.2 Å². The molecular formula is C18H24N4O3S. The van der Waals surface area contributed by atoms with Gasteiger partial charge in [0, 0.05) is 18.3 Å². The van der Waals surface area contributed by atoms with Crippen LogP contribution in [0.4, 0.5) is 11.5 Å². The number of hydrogen-bond donors (Lipinski definition) is 3. The van der Waals surface area contributed by atoms with Crippen molar-refractivity contribution in [3.05, 3.63) is 35.4 Å². The van der Waals surface area contributed by atoms with Crippen molar-refractivity contribution in [2.24, 2.45) is 0 Å². The standard InChI is InChI=1S/C18H24N4O3S/c1-4-25-17-10-15(20-14-7-5-6-12(2)13(14)3)21-18(22-17)26-11-16(24)19-8-9-23/h5-7,10,23H,4,8-9,11H2,1-3H3,(H,19,24)(H,20,21,22). The van der Waals surface area contributed by atoms with Crippen LogP contribution in [-0.2, 0) is 4.79 Å². The minimum Gasteiger partial charge on any atom is -0.478 e. The molecule has 2 rings (SSSR count). The van der Waals surface area contributed by atoms with E-state index in [1.807, 2.05) is 26.0 Å². The molecule has 1 aromatic heterocycles. The molecule has 0 saturated carbocycles. The van der Waals surface area contributed by atoms with Crippen molar-refractivity contribution in [1.29, 1.82) is 0 Å². The second-order valence-electron chi connectivity index (χ2n) is 5.54. The predicted octanol–water partition coefficient (Wildman–Crippen LogP) is 2.44. The smallest absolute Gasteiger partial charge is 0.230 e. The predicted molar refractivity (Wildman–Crippen MR) is 103 cm³/mol. The molecule has 140 valence electrons. The highest BCUT2D eigenvalue weighted by Gasteiger charge is 2.10. The number of rotatable bonds is 9. The number of thioether (sulfide) groups is 1. The van der Waals surface area contributed by atoms with Gasteiger partial charge < -0.3 is 20.5 Å². The minimum absolute atomic E-state index is 0.0867. The van der Waals surface area contributed by atoms with Crippen molar-refractivity contribution in [2.45, 2.75) is 25.9 Å². The Bertz CT molecular complexity index is 755. The van der Waals surface area contributed by atoms with Crippen LogP contribution in [-0.4, -0.2) is 46.5 Å². The molecule has 0 saturated heterocycles. The summed E-state index contributed by atoms with van der Waals surface area (Å²) in [6, 6.07) is 7.76. The number of benzene rings is 1. The molecule has 7 nitrogen and oxygen atoms in total. The maximum atomic E-state index is 11.7. The molecule has 26 heavy (non-hydrogen) atoms. The molecule has 0 aliphatic heterocycles. The highest BCUT2D eigenvalue weighted by atomic mass is 32.2. The number of anilines is 2. The molecule has 0 spiro atoms. The molecule has 0 unspecified atom stereocenters. The third-order valence-electron chi connectivity index (χ3n) is 3.61. The van der Waals surface area contributed by atoms with E-state index in [0.29, 0.717) is 23.5 Å². The molecule has 0 aliphatic carbocycles. The zero-order chi connectivity index (χ0) is 18.9. The first-order valence-electron chi connectivity index (χ1n) is 8.39. The fraction of sp³-hybridized carbons (Fsp3) is 0.389. The zero-order valence-corrected chi connectivity index (χ0v) is 16.0. The number of aliphatic hydroxyl groups is 1. The normalized spacial score (nSPS) is 10.5. The van der Waals surface area contributed by atoms with Gasteiger partial charge in [-0.1, -0.05) is 23.9 Å². The molecule has 1 heterocycles. The summed E-state index contributed by atoms with van der Waals surface area (Å²) in [6.45, 7) is 6.62. The monoisotopic (exact) mass is 376 g/mol. The van der Waals surface area contributed by atoms with Gasteiger partial charge in [-0.15, -0.1) is 0 Å². The fourth-order valence-corrected chi connectivity index (χ4v) is 2.83. The van der Waals surface area contributed by atoms with E-state index in [2.05, 4.69) is 33.6 Å². The number of hydrogen-bond acceptors (Lipinski definition) is 7. The van der Waals surface area contributed by atoms with E-state index < -0.39 is 0 Å². The van der Waals surface area contributed by atoms with Crippen molar-refractivity contribution in [1.82, 2.24) is 15.3 Å². The molecule has 1 aromatic carbocycles. The lowest BCUT2D eigenvalue weighted by molar-refractivity contribution is -0.118. The number of nitrogens with zero attached hydrogens (tertiary/aromatic N) is 2. The molecule has 1 amide bonds. The highest BCUT2D eigenvalue weighted by molar-refractivity contribution is 7.99. The van der Waals surface area contributed by atoms with E-state index in [4.69, 9.17) is 9.84 Å². The molecule has 0 fully saturated rings. The van der Waals surface area contributed by atoms with Crippen LogP contribution in [0.3, 0.4) is 0 Å². The van der Waals surface area contributed by atoms with Crippen molar-refractivity contribution in [3.63, 3.8) is 0 Å². The first-order valence-corrected chi connectivity index (χ1v) is 9.37. The second-order valence-corrected chi connectivity index (χ2v) is 6.48. The molecule has 0 aliphatic rings. The van der Waals surface area contributed by atoms with Crippen LogP contribution in [0.2, 0.25) is 0 Å². The zero-order valence-electron chi connectivity index (χ0n) is 15.2. The number of aliphatic hydroxyl groups excluding tert-OH is 1. The summed E-state index contributed by atoms with van der Waals surface area (Å²) < 4.78 is 5.51. The van der Waals surface area contributed by atoms with Crippen LogP contribution in [0.1, 0.15) is 18.1 Å². The molecule has 8 heteroatoms. The van der Waals surface area contributed by atoms with Gasteiger partial charge in [0.2, 0.25) is 11.8 Å². The summed E-state index contributed by atoms with van der Waals surface area (Å²) in [4.78, 5) is 20.5. The molecule has 2 aromatic rings. The molecular weight excluding hydrogens is 352 g/mol. The fourth-order valence-electron chi connectivity index (χ4n) is 2.16. The Balaban J connectivity index is 2.16. The van der Waals surface area contributed by atoms with Crippen LogP contribution in [0, 0.1) is 13.8 Å². The average molecular weight is 376 g/mol. The van der Waals surface area contributed by atoms with Crippen LogP contribution >= 0.6 is 11.8 Å². The van der Waals surface area contributed by atoms with Gasteiger partial charge in [0.25, 0.3) is 0 Å². The summed E-state index contributed by atoms with van der Waals surface area (Å²) in [5, 5.41) is 15.1. The molecule has 0 radical (unpaired) electrons. The molecule has 0 atom stereocenters. The van der Waals surface area contributed by atoms with Gasteiger partial charge in [-0.3, -0.25) is 4.79 Å². The maximum absolute atomic E-state index is 11.7. The summed E-state index contributed by atoms with van der Waals surface area (Å²) in [5.74, 6) is 1.04. The SMILES string of the molecule is CCOc1cc(Nc2cccc(C)c2C)nc(SCC(=O)NCCO)n1. The first-order chi connectivity index (χ1) is 12.5. The largest absolute Gasteiger partial charge is 0.478 e. The Hall–Kier alpha value is -2.32. The lowest BCUT2D eigenvalue weighted by Crippen LogP contribution is -2.27. The van der Waals surface area contributed by atoms with E-state index in [9.17, 15) is 4.79 Å². The van der Waals surface area contributed by atoms with Crippen LogP contribution in [0.5, 0.6) is 5.88 Å². The summed E-state index contributed by atoms with van der Waals surface area (Å²) in [7, 11) is 0. The van der Waals surface area contributed by atoms with Gasteiger partial charge >= 0.3 is 0 Å². The third-order valence-corrected chi connectivity index (χ3v) is 4.46. The Morgan fingerprint density at radius 1 is 1.31 bits per heavy atom. The van der Waals surface area contributed by atoms with Crippen LogP contribution in [0.25, 0.3) is 0 Å². The van der Waals surface area contributed by atoms with Gasteiger partial charge in [-0.05, 0) is 38.0 Å². The van der Waals surface area contributed by atoms with Gasteiger partial charge in [0.15, 0.2) is 5.16 Å². The Labute approximate surface area is 157 Å². The third kappa shape index (κ3) is 5.89. The Morgan fingerprint density at radius 2 is 2.12 bits per heavy atom. The molecule has 3 N–H and O–H groups in total. The lowest BCUT2D eigenvalue weighted by Gasteiger charge is -2.13. The Kier molecular flexibility index (Phi) is 7.68. The van der Waals surface area contributed by atoms with E-state index in [1.54, 1.807) is 6.07 Å². The minimum atomic E-state index is -0.182. The van der Waals surface area contributed by atoms with Crippen molar-refractivity contribution in [2.75, 3.05) is 30.8 Å². The molecule has 0 bridgehead atoms. The maximum Gasteiger partial charge on any atom is 0.230 e. The van der Waals surface area contributed by atoms with Crippen molar-refractivity contribution < 1.29 is 14.6 Å². The summed E-state index contributed by atoms with van der Waals surface area (Å²) >= 11 is 1.22. The van der Waals surface area contributed by atoms with Gasteiger partial charge in [-0.2, -0.15) is 4.98 Å². The number of aryl methyl sites for hydroxylation is 1. The van der Waals surface area contributed by atoms with E-state index in [1.165, 1.54) is 17.3 Å². The van der Waals surface area contributed by atoms with Crippen LogP contribution in [0.15, 0.2) is 29.4 Å². The van der Waals surface area contributed by atoms with Crippen molar-refractivity contribution in [3.8, 4) is 5.88 Å². The number of nitrogens with one attached hydrogen (secondary N) is 2. The average Bonchev–Trinajstić information content (AvgIpc) is 2.62. The van der Waals surface area contributed by atoms with E-state index >= 15 is 0 Å². The van der Waals surface area contributed by atoms with Crippen LogP contribution < -0.4 is 15.4 Å². The first kappa shape index (κ1) is 20.0. The quantitative estimate of drug-likeness (QED) is 0.457. The summed E-state index contributed by atoms with van der Waals surface area (Å²) in [5.41, 5.74) is 3.29. The Morgan fingerprint density at radius 3 is 2.85 bits per heavy atom. The van der Waals surface area contributed by atoms with E-state index in [0.717, 1.165) is 11.3 Å². The topological polar surface area (TPSA) is 96.4 Å². The number of ether oxygens (including phenoxy) is 1. The number of amides is 1. The van der Waals surface area contributed by atoms with Gasteiger partial charge in [0.1, 0.15) is 5.82 Å². The number of carbonyl (C=O) groups is 1. The highest BCUT2D eigenvalue weighted by Crippen LogP contribution is 2.26. The lowest BCUT2D eigenvalue weighted by atomic mass is 10.1. The number of aromatic nitrogens is 2. The number of carbonyl (C=O) groups excluding carboxylic acids is 1. The van der Waals surface area contributed by atoms with E-state index in [-0.39, 0.29) is 24.8 Å². The summed E-state index contributed by atoms with van der Waals surface area (Å²) in [6.07, 6.45) is 0. The second kappa shape index (κ2) is 9.98.